The molecule has 1 radical (unpaired) electrons. The molecule has 1 aliphatic heterocycles. The van der Waals surface area contributed by atoms with E-state index in [4.69, 9.17) is 0 Å². The smallest absolute Gasteiger partial charge is 0.253 e. The van der Waals surface area contributed by atoms with Crippen LogP contribution in [0.1, 0.15) is 41.4 Å². The number of amides is 1. The number of rotatable bonds is 6. The molecule has 1 heterocycles. The van der Waals surface area contributed by atoms with Crippen LogP contribution in [-0.4, -0.2) is 66.9 Å². The Kier molecular flexibility index (Phi) is 6.64. The number of nitrogens with zero attached hydrogens (tertiary/aromatic N) is 3. The summed E-state index contributed by atoms with van der Waals surface area (Å²) in [6, 6.07) is 19.9. The van der Waals surface area contributed by atoms with Gasteiger partial charge in [-0.05, 0) is 56.3 Å². The van der Waals surface area contributed by atoms with Crippen molar-refractivity contribution < 1.29 is 4.79 Å². The van der Waals surface area contributed by atoms with Crippen molar-refractivity contribution >= 4 is 5.91 Å². The van der Waals surface area contributed by atoms with Gasteiger partial charge in [-0.2, -0.15) is 0 Å². The summed E-state index contributed by atoms with van der Waals surface area (Å²) in [4.78, 5) is 19.4. The third-order valence-electron chi connectivity index (χ3n) is 5.47. The van der Waals surface area contributed by atoms with Crippen molar-refractivity contribution in [1.82, 2.24) is 14.7 Å². The molecular weight excluding hydrogens is 334 g/mol. The Morgan fingerprint density at radius 3 is 2.26 bits per heavy atom. The van der Waals surface area contributed by atoms with E-state index in [1.165, 1.54) is 11.1 Å². The number of piperazine rings is 1. The van der Waals surface area contributed by atoms with Crippen LogP contribution < -0.4 is 0 Å². The summed E-state index contributed by atoms with van der Waals surface area (Å²) in [5.74, 6) is 0.107. The number of hydrogen-bond acceptors (Lipinski definition) is 3. The van der Waals surface area contributed by atoms with Gasteiger partial charge < -0.3 is 9.80 Å². The van der Waals surface area contributed by atoms with E-state index in [0.29, 0.717) is 0 Å². The highest BCUT2D eigenvalue weighted by Crippen LogP contribution is 2.29. The average Bonchev–Trinajstić information content (AvgIpc) is 2.72. The molecule has 1 unspecified atom stereocenters. The van der Waals surface area contributed by atoms with Crippen molar-refractivity contribution in [2.75, 3.05) is 46.3 Å². The minimum absolute atomic E-state index is 0.107. The molecule has 1 aliphatic rings. The molecule has 1 fully saturated rings. The minimum atomic E-state index is 0.107. The molecule has 0 spiro atoms. The Balaban J connectivity index is 1.87. The molecule has 1 atom stereocenters. The third-order valence-corrected chi connectivity index (χ3v) is 5.47. The van der Waals surface area contributed by atoms with Crippen LogP contribution in [-0.2, 0) is 0 Å². The summed E-state index contributed by atoms with van der Waals surface area (Å²) in [7, 11) is 2.18. The fraction of sp³-hybridized carbons (Fsp3) is 0.435. The molecule has 3 rings (SSSR count). The molecule has 1 amide bonds. The number of carbonyl (C=O) groups is 1. The molecule has 143 valence electrons. The van der Waals surface area contributed by atoms with Crippen LogP contribution >= 0.6 is 0 Å². The monoisotopic (exact) mass is 364 g/mol. The molecule has 1 saturated heterocycles. The molecule has 0 aliphatic carbocycles. The van der Waals surface area contributed by atoms with E-state index < -0.39 is 0 Å². The fourth-order valence-corrected chi connectivity index (χ4v) is 3.77. The van der Waals surface area contributed by atoms with Gasteiger partial charge in [-0.3, -0.25) is 9.69 Å². The molecule has 4 nitrogen and oxygen atoms in total. The SMILES string of the molecule is CCN(CC)C(=O)c1ccc(C(c2c[c]ccc2)N2CCN(C)CC2)cc1. The Bertz CT molecular complexity index is 717. The van der Waals surface area contributed by atoms with Gasteiger partial charge in [-0.15, -0.1) is 0 Å². The van der Waals surface area contributed by atoms with E-state index in [9.17, 15) is 4.79 Å². The van der Waals surface area contributed by atoms with E-state index in [1.54, 1.807) is 0 Å². The predicted molar refractivity (Wildman–Crippen MR) is 110 cm³/mol. The molecule has 0 bridgehead atoms. The van der Waals surface area contributed by atoms with Crippen LogP contribution in [0.3, 0.4) is 0 Å². The van der Waals surface area contributed by atoms with E-state index >= 15 is 0 Å². The molecule has 0 saturated carbocycles. The van der Waals surface area contributed by atoms with Crippen LogP contribution in [0.5, 0.6) is 0 Å². The topological polar surface area (TPSA) is 26.8 Å². The summed E-state index contributed by atoms with van der Waals surface area (Å²) in [6.45, 7) is 9.74. The normalized spacial score (nSPS) is 16.9. The highest BCUT2D eigenvalue weighted by atomic mass is 16.2. The molecular formula is C23H30N3O. The van der Waals surface area contributed by atoms with Gasteiger partial charge in [0.25, 0.3) is 5.91 Å². The van der Waals surface area contributed by atoms with Gasteiger partial charge in [-0.1, -0.05) is 30.3 Å². The molecule has 27 heavy (non-hydrogen) atoms. The molecule has 0 N–H and O–H groups in total. The maximum atomic E-state index is 12.6. The van der Waals surface area contributed by atoms with E-state index in [0.717, 1.165) is 44.8 Å². The van der Waals surface area contributed by atoms with Gasteiger partial charge in [0.2, 0.25) is 0 Å². The van der Waals surface area contributed by atoms with E-state index in [-0.39, 0.29) is 11.9 Å². The van der Waals surface area contributed by atoms with Gasteiger partial charge >= 0.3 is 0 Å². The van der Waals surface area contributed by atoms with Crippen LogP contribution in [0.25, 0.3) is 0 Å². The van der Waals surface area contributed by atoms with Crippen molar-refractivity contribution in [2.45, 2.75) is 19.9 Å². The first-order valence-corrected chi connectivity index (χ1v) is 9.91. The molecule has 2 aromatic rings. The van der Waals surface area contributed by atoms with Gasteiger partial charge in [-0.25, -0.2) is 0 Å². The van der Waals surface area contributed by atoms with E-state index in [1.807, 2.05) is 36.9 Å². The number of benzene rings is 2. The van der Waals surface area contributed by atoms with Crippen molar-refractivity contribution in [3.63, 3.8) is 0 Å². The predicted octanol–water partition coefficient (Wildman–Crippen LogP) is 3.31. The van der Waals surface area contributed by atoms with Crippen LogP contribution in [0, 0.1) is 6.07 Å². The lowest BCUT2D eigenvalue weighted by Crippen LogP contribution is -2.46. The average molecular weight is 365 g/mol. The summed E-state index contributed by atoms with van der Waals surface area (Å²) >= 11 is 0. The van der Waals surface area contributed by atoms with Gasteiger partial charge in [0.15, 0.2) is 0 Å². The Hall–Kier alpha value is -2.17. The largest absolute Gasteiger partial charge is 0.339 e. The van der Waals surface area contributed by atoms with Gasteiger partial charge in [0.1, 0.15) is 0 Å². The lowest BCUT2D eigenvalue weighted by molar-refractivity contribution is 0.0773. The second kappa shape index (κ2) is 9.16. The first-order valence-electron chi connectivity index (χ1n) is 9.91. The van der Waals surface area contributed by atoms with Crippen molar-refractivity contribution in [3.8, 4) is 0 Å². The highest BCUT2D eigenvalue weighted by Gasteiger charge is 2.25. The number of carbonyl (C=O) groups excluding carboxylic acids is 1. The Morgan fingerprint density at radius 1 is 1.04 bits per heavy atom. The lowest BCUT2D eigenvalue weighted by atomic mass is 9.95. The van der Waals surface area contributed by atoms with E-state index in [2.05, 4.69) is 53.2 Å². The fourth-order valence-electron chi connectivity index (χ4n) is 3.77. The zero-order valence-corrected chi connectivity index (χ0v) is 16.7. The van der Waals surface area contributed by atoms with Gasteiger partial charge in [0.05, 0.1) is 6.04 Å². The zero-order valence-electron chi connectivity index (χ0n) is 16.7. The quantitative estimate of drug-likeness (QED) is 0.787. The highest BCUT2D eigenvalue weighted by molar-refractivity contribution is 5.94. The second-order valence-electron chi connectivity index (χ2n) is 7.18. The zero-order chi connectivity index (χ0) is 19.2. The van der Waals surface area contributed by atoms with Crippen molar-refractivity contribution in [3.05, 3.63) is 71.3 Å². The lowest BCUT2D eigenvalue weighted by Gasteiger charge is -2.38. The number of likely N-dealkylation sites (N-methyl/N-ethyl adjacent to an activating group) is 1. The van der Waals surface area contributed by atoms with Crippen molar-refractivity contribution in [2.24, 2.45) is 0 Å². The first-order chi connectivity index (χ1) is 13.1. The molecule has 0 aromatic heterocycles. The second-order valence-corrected chi connectivity index (χ2v) is 7.18. The maximum Gasteiger partial charge on any atom is 0.253 e. The van der Waals surface area contributed by atoms with Crippen LogP contribution in [0.2, 0.25) is 0 Å². The van der Waals surface area contributed by atoms with Crippen LogP contribution in [0.4, 0.5) is 0 Å². The number of hydrogen-bond donors (Lipinski definition) is 0. The summed E-state index contributed by atoms with van der Waals surface area (Å²) in [5.41, 5.74) is 3.25. The van der Waals surface area contributed by atoms with Gasteiger partial charge in [0, 0.05) is 44.8 Å². The van der Waals surface area contributed by atoms with Crippen molar-refractivity contribution in [1.29, 1.82) is 0 Å². The first kappa shape index (κ1) is 19.6. The standard InChI is InChI=1S/C23H30N3O/c1-4-25(5-2)23(27)21-13-11-20(12-14-21)22(19-9-7-6-8-10-19)26-17-15-24(3)16-18-26/h6-7,9-14,22H,4-5,15-18H2,1-3H3. The Morgan fingerprint density at radius 2 is 1.70 bits per heavy atom. The third kappa shape index (κ3) is 4.57. The summed E-state index contributed by atoms with van der Waals surface area (Å²) < 4.78 is 0. The van der Waals surface area contributed by atoms with Crippen LogP contribution in [0.15, 0.2) is 48.5 Å². The summed E-state index contributed by atoms with van der Waals surface area (Å²) in [6.07, 6.45) is 0. The maximum absolute atomic E-state index is 12.6. The molecule has 4 heteroatoms. The molecule has 2 aromatic carbocycles. The minimum Gasteiger partial charge on any atom is -0.339 e. The summed E-state index contributed by atoms with van der Waals surface area (Å²) in [5, 5.41) is 0. The Labute approximate surface area is 163 Å².